The van der Waals surface area contributed by atoms with Gasteiger partial charge in [0, 0.05) is 6.42 Å². The van der Waals surface area contributed by atoms with Gasteiger partial charge in [-0.05, 0) is 51.4 Å². The van der Waals surface area contributed by atoms with Crippen LogP contribution in [0.15, 0.2) is 36.5 Å². The Labute approximate surface area is 525 Å². The fourth-order valence-electron chi connectivity index (χ4n) is 11.5. The number of phosphoric acid groups is 1. The average Bonchev–Trinajstić information content (AvgIpc) is 3.56. The molecule has 3 atom stereocenters. The SMILES string of the molecule is CCCCCCCCCCCCCCC/C=C\C/C=C\CCCCCCCCCCCCCCCCCCCC(=O)NC(COP(=O)([O-])OCC[N+](C)(C)C)C(O)/C=C/CCCCCCCCCCCCCCCCCCCCCCCCC. The Bertz CT molecular complexity index is 1460. The summed E-state index contributed by atoms with van der Waals surface area (Å²) in [6.07, 6.45) is 88.6. The lowest BCUT2D eigenvalue weighted by atomic mass is 10.0. The quantitative estimate of drug-likeness (QED) is 0.0272. The Morgan fingerprint density at radius 3 is 0.988 bits per heavy atom. The van der Waals surface area contributed by atoms with Crippen LogP contribution in [0.1, 0.15) is 386 Å². The summed E-state index contributed by atoms with van der Waals surface area (Å²) in [5, 5.41) is 14.0. The number of likely N-dealkylation sites (N-methyl/N-ethyl adjacent to an activating group) is 1. The van der Waals surface area contributed by atoms with Crippen molar-refractivity contribution in [1.29, 1.82) is 0 Å². The van der Waals surface area contributed by atoms with Crippen molar-refractivity contribution in [2.24, 2.45) is 0 Å². The van der Waals surface area contributed by atoms with Gasteiger partial charge in [-0.15, -0.1) is 0 Å². The van der Waals surface area contributed by atoms with Crippen molar-refractivity contribution < 1.29 is 32.9 Å². The van der Waals surface area contributed by atoms with E-state index < -0.39 is 20.0 Å². The highest BCUT2D eigenvalue weighted by atomic mass is 31.2. The summed E-state index contributed by atoms with van der Waals surface area (Å²) in [6, 6.07) is -0.887. The number of rotatable bonds is 70. The number of carbonyl (C=O) groups is 1. The molecule has 0 radical (unpaired) electrons. The molecule has 0 heterocycles. The fraction of sp³-hybridized carbons (Fsp3) is 0.907. The predicted molar refractivity (Wildman–Crippen MR) is 367 cm³/mol. The maximum Gasteiger partial charge on any atom is 0.268 e. The molecule has 0 spiro atoms. The average molecular weight is 1200 g/mol. The van der Waals surface area contributed by atoms with Gasteiger partial charge >= 0.3 is 0 Å². The molecule has 0 saturated heterocycles. The van der Waals surface area contributed by atoms with E-state index in [4.69, 9.17) is 9.05 Å². The summed E-state index contributed by atoms with van der Waals surface area (Å²) in [4.78, 5) is 25.7. The number of phosphoric ester groups is 1. The third-order valence-electron chi connectivity index (χ3n) is 17.3. The Balaban J connectivity index is 3.98. The largest absolute Gasteiger partial charge is 0.756 e. The molecule has 0 saturated carbocycles. The standard InChI is InChI=1S/C75H147N2O6P/c1-6-8-10-12-14-16-18-20-22-24-26-28-30-32-33-34-35-36-37-38-39-40-41-42-43-45-47-49-51-53-55-57-59-61-63-65-67-69-75(79)76-73(72-83-84(80,81)82-71-70-77(3,4)5)74(78)68-66-64-62-60-58-56-54-52-50-48-46-44-31-29-27-25-23-21-19-17-15-13-11-9-7-2/h33-34,36-37,66,68,73-74,78H,6-32,35,38-65,67,69-72H2,1-5H3,(H-,76,79,80,81)/b34-33-,37-36-,68-66+. The molecule has 84 heavy (non-hydrogen) atoms. The molecule has 0 aromatic carbocycles. The number of nitrogens with zero attached hydrogens (tertiary/aromatic N) is 1. The van der Waals surface area contributed by atoms with Crippen LogP contribution in [0.25, 0.3) is 0 Å². The fourth-order valence-corrected chi connectivity index (χ4v) is 12.3. The van der Waals surface area contributed by atoms with Crippen LogP contribution in [0.4, 0.5) is 0 Å². The molecule has 1 amide bonds. The Hall–Kier alpha value is -1.28. The molecule has 3 unspecified atom stereocenters. The van der Waals surface area contributed by atoms with E-state index in [0.29, 0.717) is 17.4 Å². The third-order valence-corrected chi connectivity index (χ3v) is 18.3. The summed E-state index contributed by atoms with van der Waals surface area (Å²) in [5.41, 5.74) is 0. The summed E-state index contributed by atoms with van der Waals surface area (Å²) in [5.74, 6) is -0.190. The van der Waals surface area contributed by atoms with E-state index in [1.165, 1.54) is 321 Å². The lowest BCUT2D eigenvalue weighted by Gasteiger charge is -2.29. The maximum absolute atomic E-state index is 13.1. The number of unbranched alkanes of at least 4 members (excludes halogenated alkanes) is 53. The summed E-state index contributed by atoms with van der Waals surface area (Å²) in [7, 11) is 1.28. The van der Waals surface area contributed by atoms with Gasteiger partial charge in [-0.25, -0.2) is 0 Å². The highest BCUT2D eigenvalue weighted by Crippen LogP contribution is 2.38. The van der Waals surface area contributed by atoms with Crippen molar-refractivity contribution in [3.8, 4) is 0 Å². The van der Waals surface area contributed by atoms with Crippen LogP contribution < -0.4 is 10.2 Å². The first-order chi connectivity index (χ1) is 41.0. The second kappa shape index (κ2) is 66.1. The molecule has 0 fully saturated rings. The van der Waals surface area contributed by atoms with Crippen LogP contribution in [0.2, 0.25) is 0 Å². The number of quaternary nitrogens is 1. The van der Waals surface area contributed by atoms with Crippen LogP contribution in [-0.2, 0) is 18.4 Å². The number of aliphatic hydroxyl groups is 1. The summed E-state index contributed by atoms with van der Waals surface area (Å²) < 4.78 is 23.5. The molecule has 8 nitrogen and oxygen atoms in total. The van der Waals surface area contributed by atoms with Crippen molar-refractivity contribution in [3.63, 3.8) is 0 Å². The number of nitrogens with one attached hydrogen (secondary N) is 1. The van der Waals surface area contributed by atoms with Gasteiger partial charge < -0.3 is 28.8 Å². The molecule has 0 aliphatic carbocycles. The van der Waals surface area contributed by atoms with E-state index >= 15 is 0 Å². The van der Waals surface area contributed by atoms with Crippen LogP contribution in [0.5, 0.6) is 0 Å². The topological polar surface area (TPSA) is 108 Å². The van der Waals surface area contributed by atoms with Crippen molar-refractivity contribution in [2.75, 3.05) is 40.9 Å². The zero-order valence-corrected chi connectivity index (χ0v) is 58.0. The van der Waals surface area contributed by atoms with Gasteiger partial charge in [0.1, 0.15) is 13.2 Å². The van der Waals surface area contributed by atoms with Gasteiger partial charge in [0.15, 0.2) is 0 Å². The van der Waals surface area contributed by atoms with Gasteiger partial charge in [-0.1, -0.05) is 365 Å². The first-order valence-corrected chi connectivity index (χ1v) is 38.8. The molecule has 2 N–H and O–H groups in total. The Morgan fingerprint density at radius 1 is 0.417 bits per heavy atom. The summed E-state index contributed by atoms with van der Waals surface area (Å²) in [6.45, 7) is 4.71. The Morgan fingerprint density at radius 2 is 0.690 bits per heavy atom. The van der Waals surface area contributed by atoms with Crippen LogP contribution in [0, 0.1) is 0 Å². The van der Waals surface area contributed by atoms with Crippen molar-refractivity contribution in [3.05, 3.63) is 36.5 Å². The van der Waals surface area contributed by atoms with E-state index in [0.717, 1.165) is 44.9 Å². The minimum absolute atomic E-state index is 0.000830. The molecule has 9 heteroatoms. The lowest BCUT2D eigenvalue weighted by Crippen LogP contribution is -2.45. The Kier molecular flexibility index (Phi) is 65.1. The second-order valence-electron chi connectivity index (χ2n) is 27.0. The highest BCUT2D eigenvalue weighted by Gasteiger charge is 2.23. The first kappa shape index (κ1) is 82.7. The van der Waals surface area contributed by atoms with Crippen molar-refractivity contribution in [2.45, 2.75) is 398 Å². The van der Waals surface area contributed by atoms with E-state index in [9.17, 15) is 19.4 Å². The lowest BCUT2D eigenvalue weighted by molar-refractivity contribution is -0.870. The molecule has 0 rings (SSSR count). The monoisotopic (exact) mass is 1200 g/mol. The molecular formula is C75H147N2O6P. The number of aliphatic hydroxyl groups excluding tert-OH is 1. The molecule has 498 valence electrons. The van der Waals surface area contributed by atoms with Gasteiger partial charge in [0.2, 0.25) is 5.91 Å². The van der Waals surface area contributed by atoms with E-state index in [1.807, 2.05) is 27.2 Å². The van der Waals surface area contributed by atoms with E-state index in [1.54, 1.807) is 6.08 Å². The first-order valence-electron chi connectivity index (χ1n) is 37.4. The van der Waals surface area contributed by atoms with Crippen LogP contribution >= 0.6 is 7.82 Å². The smallest absolute Gasteiger partial charge is 0.268 e. The van der Waals surface area contributed by atoms with E-state index in [2.05, 4.69) is 43.5 Å². The highest BCUT2D eigenvalue weighted by molar-refractivity contribution is 7.45. The molecule has 0 bridgehead atoms. The van der Waals surface area contributed by atoms with Crippen LogP contribution in [-0.4, -0.2) is 68.5 Å². The minimum atomic E-state index is -4.60. The zero-order chi connectivity index (χ0) is 61.2. The van der Waals surface area contributed by atoms with Crippen molar-refractivity contribution >= 4 is 13.7 Å². The number of hydrogen-bond donors (Lipinski definition) is 2. The van der Waals surface area contributed by atoms with E-state index in [-0.39, 0.29) is 19.1 Å². The molecule has 0 aromatic heterocycles. The van der Waals surface area contributed by atoms with Crippen molar-refractivity contribution in [1.82, 2.24) is 5.32 Å². The van der Waals surface area contributed by atoms with Gasteiger partial charge in [0.05, 0.1) is 39.9 Å². The number of allylic oxidation sites excluding steroid dienone is 5. The molecule has 0 aromatic rings. The van der Waals surface area contributed by atoms with Crippen LogP contribution in [0.3, 0.4) is 0 Å². The predicted octanol–water partition coefficient (Wildman–Crippen LogP) is 23.4. The minimum Gasteiger partial charge on any atom is -0.756 e. The number of carbonyl (C=O) groups excluding carboxylic acids is 1. The third kappa shape index (κ3) is 68.2. The normalized spacial score (nSPS) is 13.8. The second-order valence-corrected chi connectivity index (χ2v) is 28.4. The summed E-state index contributed by atoms with van der Waals surface area (Å²) >= 11 is 0. The zero-order valence-electron chi connectivity index (χ0n) is 57.1. The van der Waals surface area contributed by atoms with Gasteiger partial charge in [-0.3, -0.25) is 9.36 Å². The molecule has 0 aliphatic heterocycles. The molecule has 0 aliphatic rings. The number of hydrogen-bond acceptors (Lipinski definition) is 6. The van der Waals surface area contributed by atoms with Gasteiger partial charge in [-0.2, -0.15) is 0 Å². The maximum atomic E-state index is 13.1. The number of amides is 1. The molecular weight excluding hydrogens is 1060 g/mol. The van der Waals surface area contributed by atoms with Gasteiger partial charge in [0.25, 0.3) is 7.82 Å².